The van der Waals surface area contributed by atoms with Crippen molar-refractivity contribution in [2.24, 2.45) is 0 Å². The Morgan fingerprint density at radius 3 is 2.37 bits per heavy atom. The Balaban J connectivity index is 1.57. The molecule has 1 aromatic heterocycles. The molecular weight excluding hydrogens is 442 g/mol. The Morgan fingerprint density at radius 1 is 0.900 bits per heavy atom. The first-order valence-corrected chi connectivity index (χ1v) is 10.4. The van der Waals surface area contributed by atoms with Gasteiger partial charge in [0.15, 0.2) is 0 Å². The van der Waals surface area contributed by atoms with Crippen LogP contribution in [0.25, 0.3) is 22.2 Å². The quantitative estimate of drug-likeness (QED) is 0.253. The van der Waals surface area contributed by atoms with Crippen LogP contribution in [0.2, 0.25) is 0 Å². The number of para-hydroxylation sites is 1. The predicted molar refractivity (Wildman–Crippen MR) is 122 cm³/mol. The topological polar surface area (TPSA) is 48.4 Å². The highest BCUT2D eigenvalue weighted by Crippen LogP contribution is 2.30. The lowest BCUT2D eigenvalue weighted by atomic mass is 9.98. The molecule has 150 valence electrons. The Kier molecular flexibility index (Phi) is 6.10. The first kappa shape index (κ1) is 20.1. The van der Waals surface area contributed by atoms with Crippen molar-refractivity contribution in [2.45, 2.75) is 6.92 Å². The van der Waals surface area contributed by atoms with Gasteiger partial charge in [-0.15, -0.1) is 0 Å². The number of benzene rings is 3. The van der Waals surface area contributed by atoms with E-state index in [4.69, 9.17) is 14.5 Å². The number of fused-ring (bicyclic) bond motifs is 1. The van der Waals surface area contributed by atoms with Crippen LogP contribution in [0.4, 0.5) is 0 Å². The average molecular weight is 462 g/mol. The van der Waals surface area contributed by atoms with Gasteiger partial charge in [-0.05, 0) is 42.8 Å². The zero-order valence-corrected chi connectivity index (χ0v) is 18.1. The van der Waals surface area contributed by atoms with Crippen LogP contribution >= 0.6 is 15.9 Å². The van der Waals surface area contributed by atoms with E-state index in [9.17, 15) is 4.79 Å². The van der Waals surface area contributed by atoms with Gasteiger partial charge in [0.2, 0.25) is 0 Å². The van der Waals surface area contributed by atoms with Gasteiger partial charge in [-0.2, -0.15) is 0 Å². The van der Waals surface area contributed by atoms with E-state index in [1.165, 1.54) is 0 Å². The Bertz CT molecular complexity index is 1170. The van der Waals surface area contributed by atoms with Crippen LogP contribution in [0.15, 0.2) is 83.3 Å². The summed E-state index contributed by atoms with van der Waals surface area (Å²) in [6, 6.07) is 25.0. The molecule has 1 heterocycles. The summed E-state index contributed by atoms with van der Waals surface area (Å²) in [5, 5.41) is 0.786. The third-order valence-corrected chi connectivity index (χ3v) is 5.31. The molecule has 4 aromatic rings. The SMILES string of the molecule is Cc1c(-c2ccccc2)nc2ccccc2c1C(=O)OCCOc1ccc(Br)cc1. The van der Waals surface area contributed by atoms with Crippen LogP contribution in [0, 0.1) is 6.92 Å². The molecule has 0 unspecified atom stereocenters. The summed E-state index contributed by atoms with van der Waals surface area (Å²) in [7, 11) is 0. The third kappa shape index (κ3) is 4.36. The number of nitrogens with zero attached hydrogens (tertiary/aromatic N) is 1. The molecule has 0 amide bonds. The Labute approximate surface area is 183 Å². The second-order valence-corrected chi connectivity index (χ2v) is 7.70. The highest BCUT2D eigenvalue weighted by Gasteiger charge is 2.20. The summed E-state index contributed by atoms with van der Waals surface area (Å²) < 4.78 is 12.2. The summed E-state index contributed by atoms with van der Waals surface area (Å²) in [6.45, 7) is 2.35. The number of esters is 1. The van der Waals surface area contributed by atoms with Gasteiger partial charge in [0.05, 0.1) is 16.8 Å². The number of carbonyl (C=O) groups is 1. The molecule has 5 heteroatoms. The molecule has 0 bridgehead atoms. The van der Waals surface area contributed by atoms with Gasteiger partial charge >= 0.3 is 5.97 Å². The van der Waals surface area contributed by atoms with Crippen LogP contribution in [0.5, 0.6) is 5.75 Å². The molecule has 0 saturated heterocycles. The molecule has 3 aromatic carbocycles. The zero-order chi connectivity index (χ0) is 20.9. The lowest BCUT2D eigenvalue weighted by molar-refractivity contribution is 0.0452. The number of aromatic nitrogens is 1. The van der Waals surface area contributed by atoms with Crippen LogP contribution in [-0.2, 0) is 4.74 Å². The van der Waals surface area contributed by atoms with Gasteiger partial charge in [0.1, 0.15) is 19.0 Å². The number of halogens is 1. The van der Waals surface area contributed by atoms with Gasteiger partial charge in [0.25, 0.3) is 0 Å². The van der Waals surface area contributed by atoms with Crippen molar-refractivity contribution in [1.82, 2.24) is 4.98 Å². The standard InChI is InChI=1S/C25H20BrNO3/c1-17-23(25(28)30-16-15-29-20-13-11-19(26)12-14-20)21-9-5-6-10-22(21)27-24(17)18-7-3-2-4-8-18/h2-14H,15-16H2,1H3. The molecule has 0 saturated carbocycles. The fourth-order valence-corrected chi connectivity index (χ4v) is 3.61. The first-order valence-electron chi connectivity index (χ1n) is 9.64. The van der Waals surface area contributed by atoms with E-state index in [0.29, 0.717) is 5.56 Å². The molecule has 0 aliphatic heterocycles. The van der Waals surface area contributed by atoms with E-state index in [2.05, 4.69) is 15.9 Å². The van der Waals surface area contributed by atoms with E-state index in [-0.39, 0.29) is 19.2 Å². The van der Waals surface area contributed by atoms with Gasteiger partial charge in [-0.1, -0.05) is 64.5 Å². The first-order chi connectivity index (χ1) is 14.6. The monoisotopic (exact) mass is 461 g/mol. The lowest BCUT2D eigenvalue weighted by Gasteiger charge is -2.14. The van der Waals surface area contributed by atoms with Crippen molar-refractivity contribution in [1.29, 1.82) is 0 Å². The molecule has 0 aliphatic rings. The van der Waals surface area contributed by atoms with Crippen molar-refractivity contribution in [3.8, 4) is 17.0 Å². The highest BCUT2D eigenvalue weighted by molar-refractivity contribution is 9.10. The number of pyridine rings is 1. The fraction of sp³-hybridized carbons (Fsp3) is 0.120. The van der Waals surface area contributed by atoms with Gasteiger partial charge in [-0.25, -0.2) is 9.78 Å². The second kappa shape index (κ2) is 9.09. The fourth-order valence-electron chi connectivity index (χ4n) is 3.34. The maximum atomic E-state index is 13.0. The van der Waals surface area contributed by atoms with Crippen LogP contribution in [0.3, 0.4) is 0 Å². The van der Waals surface area contributed by atoms with Crippen LogP contribution in [0.1, 0.15) is 15.9 Å². The minimum atomic E-state index is -0.373. The van der Waals surface area contributed by atoms with E-state index >= 15 is 0 Å². The molecule has 30 heavy (non-hydrogen) atoms. The summed E-state index contributed by atoms with van der Waals surface area (Å²) in [4.78, 5) is 17.8. The van der Waals surface area contributed by atoms with Gasteiger partial charge in [-0.3, -0.25) is 0 Å². The Morgan fingerprint density at radius 2 is 1.60 bits per heavy atom. The Hall–Kier alpha value is -3.18. The number of carbonyl (C=O) groups excluding carboxylic acids is 1. The molecule has 0 fully saturated rings. The molecule has 0 N–H and O–H groups in total. The molecule has 0 aliphatic carbocycles. The summed E-state index contributed by atoms with van der Waals surface area (Å²) in [5.74, 6) is 0.355. The summed E-state index contributed by atoms with van der Waals surface area (Å²) in [6.07, 6.45) is 0. The number of ether oxygens (including phenoxy) is 2. The van der Waals surface area contributed by atoms with E-state index < -0.39 is 0 Å². The number of hydrogen-bond acceptors (Lipinski definition) is 4. The van der Waals surface area contributed by atoms with Crippen molar-refractivity contribution < 1.29 is 14.3 Å². The highest BCUT2D eigenvalue weighted by atomic mass is 79.9. The van der Waals surface area contributed by atoms with E-state index in [0.717, 1.165) is 37.9 Å². The summed E-state index contributed by atoms with van der Waals surface area (Å²) >= 11 is 3.39. The molecule has 0 radical (unpaired) electrons. The van der Waals surface area contributed by atoms with Crippen molar-refractivity contribution in [3.05, 3.63) is 94.5 Å². The normalized spacial score (nSPS) is 10.7. The lowest BCUT2D eigenvalue weighted by Crippen LogP contribution is -2.14. The van der Waals surface area contributed by atoms with Crippen molar-refractivity contribution in [3.63, 3.8) is 0 Å². The summed E-state index contributed by atoms with van der Waals surface area (Å²) in [5.41, 5.74) is 3.86. The smallest absolute Gasteiger partial charge is 0.339 e. The number of rotatable bonds is 6. The largest absolute Gasteiger partial charge is 0.490 e. The third-order valence-electron chi connectivity index (χ3n) is 4.79. The predicted octanol–water partition coefficient (Wildman–Crippen LogP) is 6.21. The number of hydrogen-bond donors (Lipinski definition) is 0. The minimum absolute atomic E-state index is 0.158. The van der Waals surface area contributed by atoms with Crippen molar-refractivity contribution in [2.75, 3.05) is 13.2 Å². The minimum Gasteiger partial charge on any atom is -0.490 e. The second-order valence-electron chi connectivity index (χ2n) is 6.78. The molecular formula is C25H20BrNO3. The molecule has 0 atom stereocenters. The maximum absolute atomic E-state index is 13.0. The van der Waals surface area contributed by atoms with E-state index in [1.54, 1.807) is 0 Å². The van der Waals surface area contributed by atoms with E-state index in [1.807, 2.05) is 85.8 Å². The maximum Gasteiger partial charge on any atom is 0.339 e. The average Bonchev–Trinajstić information content (AvgIpc) is 2.78. The van der Waals surface area contributed by atoms with Crippen molar-refractivity contribution >= 4 is 32.8 Å². The van der Waals surface area contributed by atoms with Crippen LogP contribution < -0.4 is 4.74 Å². The molecule has 4 nitrogen and oxygen atoms in total. The zero-order valence-electron chi connectivity index (χ0n) is 16.5. The molecule has 4 rings (SSSR count). The van der Waals surface area contributed by atoms with Gasteiger partial charge < -0.3 is 9.47 Å². The molecule has 0 spiro atoms. The van der Waals surface area contributed by atoms with Crippen LogP contribution in [-0.4, -0.2) is 24.2 Å². The van der Waals surface area contributed by atoms with Gasteiger partial charge in [0, 0.05) is 15.4 Å².